The second-order valence-corrected chi connectivity index (χ2v) is 6.82. The Kier molecular flexibility index (Phi) is 6.83. The van der Waals surface area contributed by atoms with Gasteiger partial charge in [-0.3, -0.25) is 9.59 Å². The lowest BCUT2D eigenvalue weighted by Crippen LogP contribution is -2.20. The molecule has 0 aromatic heterocycles. The minimum Gasteiger partial charge on any atom is -0.496 e. The van der Waals surface area contributed by atoms with Crippen LogP contribution in [0.1, 0.15) is 33.2 Å². The van der Waals surface area contributed by atoms with Gasteiger partial charge in [-0.2, -0.15) is 5.10 Å². The third kappa shape index (κ3) is 5.24. The highest BCUT2D eigenvalue weighted by Gasteiger charge is 2.11. The summed E-state index contributed by atoms with van der Waals surface area (Å²) in [6, 6.07) is 20.7. The van der Waals surface area contributed by atoms with Gasteiger partial charge in [-0.1, -0.05) is 35.9 Å². The van der Waals surface area contributed by atoms with Crippen molar-refractivity contribution in [2.24, 2.45) is 5.10 Å². The molecule has 0 aliphatic rings. The molecule has 3 rings (SSSR count). The van der Waals surface area contributed by atoms with E-state index < -0.39 is 0 Å². The van der Waals surface area contributed by atoms with Gasteiger partial charge in [0.1, 0.15) is 5.75 Å². The lowest BCUT2D eigenvalue weighted by atomic mass is 10.1. The van der Waals surface area contributed by atoms with Gasteiger partial charge in [-0.05, 0) is 61.0 Å². The number of benzene rings is 3. The van der Waals surface area contributed by atoms with Gasteiger partial charge in [-0.15, -0.1) is 0 Å². The fourth-order valence-electron chi connectivity index (χ4n) is 2.72. The molecule has 152 valence electrons. The first-order chi connectivity index (χ1) is 14.5. The van der Waals surface area contributed by atoms with Crippen molar-refractivity contribution in [3.63, 3.8) is 0 Å². The quantitative estimate of drug-likeness (QED) is 0.445. The molecule has 0 fully saturated rings. The molecule has 0 unspecified atom stereocenters. The number of carbonyl (C=O) groups is 2. The zero-order chi connectivity index (χ0) is 21.5. The van der Waals surface area contributed by atoms with Crippen molar-refractivity contribution in [1.29, 1.82) is 0 Å². The summed E-state index contributed by atoms with van der Waals surface area (Å²) in [4.78, 5) is 24.8. The van der Waals surface area contributed by atoms with Crippen molar-refractivity contribution in [3.05, 3.63) is 94.5 Å². The maximum absolute atomic E-state index is 12.4. The number of hydrogen-bond donors (Lipinski definition) is 2. The summed E-state index contributed by atoms with van der Waals surface area (Å²) >= 11 is 5.86. The van der Waals surface area contributed by atoms with Gasteiger partial charge in [-0.25, -0.2) is 5.43 Å². The van der Waals surface area contributed by atoms with Crippen molar-refractivity contribution < 1.29 is 14.3 Å². The topological polar surface area (TPSA) is 79.8 Å². The van der Waals surface area contributed by atoms with Crippen LogP contribution in [0.2, 0.25) is 5.02 Å². The molecule has 0 bridgehead atoms. The number of ether oxygens (including phenoxy) is 1. The number of nitrogens with zero attached hydrogens (tertiary/aromatic N) is 1. The molecule has 0 aliphatic heterocycles. The number of para-hydroxylation sites is 1. The molecule has 6 nitrogen and oxygen atoms in total. The van der Waals surface area contributed by atoms with E-state index >= 15 is 0 Å². The Balaban J connectivity index is 1.70. The van der Waals surface area contributed by atoms with Crippen LogP contribution in [0.3, 0.4) is 0 Å². The van der Waals surface area contributed by atoms with Crippen LogP contribution in [0.25, 0.3) is 0 Å². The fraction of sp³-hybridized carbons (Fsp3) is 0.0870. The van der Waals surface area contributed by atoms with Crippen LogP contribution in [-0.2, 0) is 0 Å². The number of anilines is 1. The highest BCUT2D eigenvalue weighted by Crippen LogP contribution is 2.17. The number of methoxy groups -OCH3 is 1. The standard InChI is InChI=1S/C23H20ClN3O3/c1-15(26-27-23(29)20-8-3-4-9-21(20)30-2)17-6-5-7-19(14-17)25-22(28)16-10-12-18(24)13-11-16/h3-14H,1-2H3,(H,25,28)(H,27,29)/b26-15-. The van der Waals surface area contributed by atoms with E-state index in [-0.39, 0.29) is 11.8 Å². The van der Waals surface area contributed by atoms with Gasteiger partial charge in [0.15, 0.2) is 0 Å². The highest BCUT2D eigenvalue weighted by atomic mass is 35.5. The highest BCUT2D eigenvalue weighted by molar-refractivity contribution is 6.30. The first-order valence-electron chi connectivity index (χ1n) is 9.13. The van der Waals surface area contributed by atoms with Crippen LogP contribution in [0.5, 0.6) is 5.75 Å². The third-order valence-electron chi connectivity index (χ3n) is 4.32. The normalized spacial score (nSPS) is 11.0. The van der Waals surface area contributed by atoms with Gasteiger partial charge in [0.25, 0.3) is 11.8 Å². The summed E-state index contributed by atoms with van der Waals surface area (Å²) in [6.45, 7) is 1.77. The SMILES string of the molecule is COc1ccccc1C(=O)N/N=C(/C)c1cccc(NC(=O)c2ccc(Cl)cc2)c1. The molecule has 0 atom stereocenters. The average Bonchev–Trinajstić information content (AvgIpc) is 2.77. The van der Waals surface area contributed by atoms with Crippen LogP contribution < -0.4 is 15.5 Å². The summed E-state index contributed by atoms with van der Waals surface area (Å²) in [5, 5.41) is 7.57. The van der Waals surface area contributed by atoms with E-state index in [9.17, 15) is 9.59 Å². The van der Waals surface area contributed by atoms with Crippen molar-refractivity contribution in [2.45, 2.75) is 6.92 Å². The Bertz CT molecular complexity index is 1090. The van der Waals surface area contributed by atoms with Crippen molar-refractivity contribution in [1.82, 2.24) is 5.43 Å². The molecule has 30 heavy (non-hydrogen) atoms. The summed E-state index contributed by atoms with van der Waals surface area (Å²) in [5.41, 5.74) is 5.37. The lowest BCUT2D eigenvalue weighted by molar-refractivity contribution is 0.0951. The van der Waals surface area contributed by atoms with Gasteiger partial charge < -0.3 is 10.1 Å². The second-order valence-electron chi connectivity index (χ2n) is 6.38. The summed E-state index contributed by atoms with van der Waals surface area (Å²) < 4.78 is 5.20. The Morgan fingerprint density at radius 2 is 1.63 bits per heavy atom. The average molecular weight is 422 g/mol. The molecule has 0 aliphatic carbocycles. The van der Waals surface area contributed by atoms with E-state index in [1.54, 1.807) is 73.7 Å². The van der Waals surface area contributed by atoms with E-state index in [0.717, 1.165) is 5.56 Å². The van der Waals surface area contributed by atoms with Crippen LogP contribution in [0.15, 0.2) is 77.9 Å². The Morgan fingerprint density at radius 3 is 2.37 bits per heavy atom. The van der Waals surface area contributed by atoms with E-state index in [1.807, 2.05) is 6.07 Å². The first-order valence-corrected chi connectivity index (χ1v) is 9.50. The Morgan fingerprint density at radius 1 is 0.900 bits per heavy atom. The third-order valence-corrected chi connectivity index (χ3v) is 4.57. The smallest absolute Gasteiger partial charge is 0.275 e. The Hall–Kier alpha value is -3.64. The van der Waals surface area contributed by atoms with Gasteiger partial charge in [0.05, 0.1) is 18.4 Å². The Labute approximate surface area is 179 Å². The van der Waals surface area contributed by atoms with Crippen molar-refractivity contribution >= 4 is 34.8 Å². The number of nitrogens with one attached hydrogen (secondary N) is 2. The lowest BCUT2D eigenvalue weighted by Gasteiger charge is -2.09. The molecule has 0 saturated heterocycles. The molecule has 2 N–H and O–H groups in total. The monoisotopic (exact) mass is 421 g/mol. The van der Waals surface area contributed by atoms with Gasteiger partial charge >= 0.3 is 0 Å². The summed E-state index contributed by atoms with van der Waals surface area (Å²) in [6.07, 6.45) is 0. The molecule has 3 aromatic carbocycles. The number of hydrogen-bond acceptors (Lipinski definition) is 4. The van der Waals surface area contributed by atoms with E-state index in [1.165, 1.54) is 7.11 Å². The number of amides is 2. The number of hydrazone groups is 1. The number of halogens is 1. The largest absolute Gasteiger partial charge is 0.496 e. The molecule has 2 amide bonds. The van der Waals surface area contributed by atoms with E-state index in [2.05, 4.69) is 15.8 Å². The molecule has 0 spiro atoms. The predicted molar refractivity (Wildman–Crippen MR) is 119 cm³/mol. The summed E-state index contributed by atoms with van der Waals surface area (Å²) in [5.74, 6) is -0.156. The van der Waals surface area contributed by atoms with Crippen LogP contribution in [0.4, 0.5) is 5.69 Å². The maximum atomic E-state index is 12.4. The molecule has 0 saturated carbocycles. The predicted octanol–water partition coefficient (Wildman–Crippen LogP) is 4.75. The maximum Gasteiger partial charge on any atom is 0.275 e. The molecular weight excluding hydrogens is 402 g/mol. The summed E-state index contributed by atoms with van der Waals surface area (Å²) in [7, 11) is 1.50. The second kappa shape index (κ2) is 9.71. The number of rotatable bonds is 6. The minimum absolute atomic E-state index is 0.247. The van der Waals surface area contributed by atoms with Crippen molar-refractivity contribution in [3.8, 4) is 5.75 Å². The van der Waals surface area contributed by atoms with E-state index in [4.69, 9.17) is 16.3 Å². The fourth-order valence-corrected chi connectivity index (χ4v) is 2.84. The number of carbonyl (C=O) groups excluding carboxylic acids is 2. The van der Waals surface area contributed by atoms with Crippen LogP contribution >= 0.6 is 11.6 Å². The van der Waals surface area contributed by atoms with Crippen LogP contribution in [-0.4, -0.2) is 24.6 Å². The zero-order valence-corrected chi connectivity index (χ0v) is 17.2. The molecular formula is C23H20ClN3O3. The van der Waals surface area contributed by atoms with E-state index in [0.29, 0.717) is 33.3 Å². The van der Waals surface area contributed by atoms with Gasteiger partial charge in [0, 0.05) is 16.3 Å². The van der Waals surface area contributed by atoms with Crippen molar-refractivity contribution in [2.75, 3.05) is 12.4 Å². The van der Waals surface area contributed by atoms with Gasteiger partial charge in [0.2, 0.25) is 0 Å². The molecule has 0 radical (unpaired) electrons. The molecule has 7 heteroatoms. The first kappa shape index (κ1) is 21.1. The minimum atomic E-state index is -0.376. The zero-order valence-electron chi connectivity index (χ0n) is 16.5. The molecule has 0 heterocycles. The van der Waals surface area contributed by atoms with Crippen LogP contribution in [0, 0.1) is 0 Å². The molecule has 3 aromatic rings.